The number of carbonyl (C=O) groups is 1. The monoisotopic (exact) mass is 334 g/mol. The Labute approximate surface area is 106 Å². The first-order valence-electron chi connectivity index (χ1n) is 4.55. The first-order chi connectivity index (χ1) is 7.24. The summed E-state index contributed by atoms with van der Waals surface area (Å²) in [6, 6.07) is 5.54. The fourth-order valence-electron chi connectivity index (χ4n) is 1.38. The predicted molar refractivity (Wildman–Crippen MR) is 68.4 cm³/mol. The first kappa shape index (κ1) is 12.7. The predicted octanol–water partition coefficient (Wildman–Crippen LogP) is 3.56. The largest absolute Gasteiger partial charge is 0.496 e. The van der Waals surface area contributed by atoms with Gasteiger partial charge in [0.15, 0.2) is 5.78 Å². The lowest BCUT2D eigenvalue weighted by Crippen LogP contribution is -2.04. The van der Waals surface area contributed by atoms with E-state index >= 15 is 0 Å². The zero-order valence-corrected chi connectivity index (χ0v) is 11.6. The minimum Gasteiger partial charge on any atom is -0.496 e. The third-order valence-electron chi connectivity index (χ3n) is 2.11. The molecule has 0 aromatic heterocycles. The molecule has 0 N–H and O–H groups in total. The summed E-state index contributed by atoms with van der Waals surface area (Å²) < 4.78 is 5.21. The smallest absolute Gasteiger partial charge is 0.164 e. The Kier molecular flexibility index (Phi) is 5.32. The van der Waals surface area contributed by atoms with E-state index in [4.69, 9.17) is 4.74 Å². The van der Waals surface area contributed by atoms with Crippen LogP contribution in [-0.2, 0) is 5.33 Å². The lowest BCUT2D eigenvalue weighted by molar-refractivity contribution is 0.0989. The summed E-state index contributed by atoms with van der Waals surface area (Å²) >= 11 is 6.64. The fourth-order valence-corrected chi connectivity index (χ4v) is 2.31. The summed E-state index contributed by atoms with van der Waals surface area (Å²) in [7, 11) is 1.61. The van der Waals surface area contributed by atoms with Gasteiger partial charge in [-0.1, -0.05) is 44.0 Å². The van der Waals surface area contributed by atoms with Gasteiger partial charge in [-0.25, -0.2) is 0 Å². The average Bonchev–Trinajstić information content (AvgIpc) is 2.28. The number of benzene rings is 1. The van der Waals surface area contributed by atoms with Crippen LogP contribution in [0.5, 0.6) is 5.75 Å². The summed E-state index contributed by atoms with van der Waals surface area (Å²) in [4.78, 5) is 11.8. The molecule has 0 amide bonds. The molecule has 1 aromatic rings. The molecule has 0 saturated carbocycles. The number of ketones is 1. The van der Waals surface area contributed by atoms with E-state index in [1.54, 1.807) is 7.11 Å². The number of hydrogen-bond donors (Lipinski definition) is 0. The number of carbonyl (C=O) groups excluding carboxylic acids is 1. The Bertz CT molecular complexity index is 350. The van der Waals surface area contributed by atoms with E-state index in [-0.39, 0.29) is 5.78 Å². The maximum absolute atomic E-state index is 11.8. The molecular weight excluding hydrogens is 324 g/mol. The van der Waals surface area contributed by atoms with Crippen LogP contribution in [0.1, 0.15) is 22.3 Å². The molecule has 2 nitrogen and oxygen atoms in total. The molecule has 0 atom stereocenters. The van der Waals surface area contributed by atoms with Crippen LogP contribution < -0.4 is 4.74 Å². The minimum absolute atomic E-state index is 0.139. The SMILES string of the molecule is COc1cccc(C(=O)CCBr)c1CBr. The molecule has 0 aliphatic heterocycles. The van der Waals surface area contributed by atoms with E-state index in [1.165, 1.54) is 0 Å². The highest BCUT2D eigenvalue weighted by Crippen LogP contribution is 2.25. The summed E-state index contributed by atoms with van der Waals surface area (Å²) in [5, 5.41) is 1.31. The van der Waals surface area contributed by atoms with Gasteiger partial charge < -0.3 is 4.74 Å². The normalized spacial score (nSPS) is 10.1. The lowest BCUT2D eigenvalue weighted by Gasteiger charge is -2.10. The quantitative estimate of drug-likeness (QED) is 0.607. The van der Waals surface area contributed by atoms with Gasteiger partial charge in [0.05, 0.1) is 7.11 Å². The van der Waals surface area contributed by atoms with E-state index in [9.17, 15) is 4.79 Å². The Hall–Kier alpha value is -0.350. The van der Waals surface area contributed by atoms with Crippen molar-refractivity contribution >= 4 is 37.6 Å². The molecule has 82 valence electrons. The molecule has 1 rings (SSSR count). The zero-order valence-electron chi connectivity index (χ0n) is 8.43. The van der Waals surface area contributed by atoms with Crippen LogP contribution in [0.4, 0.5) is 0 Å². The van der Waals surface area contributed by atoms with Crippen LogP contribution in [0.15, 0.2) is 18.2 Å². The van der Waals surface area contributed by atoms with Crippen molar-refractivity contribution in [3.63, 3.8) is 0 Å². The Morgan fingerprint density at radius 3 is 2.67 bits per heavy atom. The van der Waals surface area contributed by atoms with Gasteiger partial charge in [0.2, 0.25) is 0 Å². The Balaban J connectivity index is 3.11. The van der Waals surface area contributed by atoms with Crippen molar-refractivity contribution in [2.75, 3.05) is 12.4 Å². The van der Waals surface area contributed by atoms with Crippen LogP contribution >= 0.6 is 31.9 Å². The molecule has 15 heavy (non-hydrogen) atoms. The van der Waals surface area contributed by atoms with Gasteiger partial charge in [0, 0.05) is 28.2 Å². The van der Waals surface area contributed by atoms with Gasteiger partial charge in [0.25, 0.3) is 0 Å². The van der Waals surface area contributed by atoms with Crippen molar-refractivity contribution in [3.05, 3.63) is 29.3 Å². The van der Waals surface area contributed by atoms with E-state index < -0.39 is 0 Å². The van der Waals surface area contributed by atoms with E-state index in [1.807, 2.05) is 18.2 Å². The fraction of sp³-hybridized carbons (Fsp3) is 0.364. The van der Waals surface area contributed by atoms with Crippen molar-refractivity contribution in [2.24, 2.45) is 0 Å². The molecule has 0 aliphatic carbocycles. The zero-order chi connectivity index (χ0) is 11.3. The van der Waals surface area contributed by atoms with Crippen LogP contribution in [0, 0.1) is 0 Å². The molecule has 0 fully saturated rings. The number of rotatable bonds is 5. The first-order valence-corrected chi connectivity index (χ1v) is 6.80. The molecule has 0 aliphatic rings. The summed E-state index contributed by atoms with van der Waals surface area (Å²) in [5.74, 6) is 0.896. The molecule has 1 aromatic carbocycles. The molecule has 4 heteroatoms. The van der Waals surface area contributed by atoms with Crippen LogP contribution in [0.2, 0.25) is 0 Å². The summed E-state index contributed by atoms with van der Waals surface area (Å²) in [6.07, 6.45) is 0.507. The molecule has 0 spiro atoms. The maximum atomic E-state index is 11.8. The molecule has 0 unspecified atom stereocenters. The summed E-state index contributed by atoms with van der Waals surface area (Å²) in [6.45, 7) is 0. The van der Waals surface area contributed by atoms with Gasteiger partial charge in [0.1, 0.15) is 5.75 Å². The number of halogens is 2. The van der Waals surface area contributed by atoms with Crippen molar-refractivity contribution in [3.8, 4) is 5.75 Å². The highest BCUT2D eigenvalue weighted by atomic mass is 79.9. The van der Waals surface area contributed by atoms with Crippen molar-refractivity contribution < 1.29 is 9.53 Å². The van der Waals surface area contributed by atoms with E-state index in [0.29, 0.717) is 17.1 Å². The van der Waals surface area contributed by atoms with E-state index in [2.05, 4.69) is 31.9 Å². The third kappa shape index (κ3) is 3.05. The second-order valence-electron chi connectivity index (χ2n) is 2.98. The topological polar surface area (TPSA) is 26.3 Å². The average molecular weight is 336 g/mol. The van der Waals surface area contributed by atoms with Gasteiger partial charge in [-0.2, -0.15) is 0 Å². The molecule has 0 bridgehead atoms. The van der Waals surface area contributed by atoms with Gasteiger partial charge in [-0.3, -0.25) is 4.79 Å². The van der Waals surface area contributed by atoms with Gasteiger partial charge in [-0.15, -0.1) is 0 Å². The number of ether oxygens (including phenoxy) is 1. The summed E-state index contributed by atoms with van der Waals surface area (Å²) in [5.41, 5.74) is 1.66. The second-order valence-corrected chi connectivity index (χ2v) is 4.34. The molecule has 0 heterocycles. The number of hydrogen-bond acceptors (Lipinski definition) is 2. The molecule has 0 saturated heterocycles. The molecule has 0 radical (unpaired) electrons. The molecular formula is C11H12Br2O2. The third-order valence-corrected chi connectivity index (χ3v) is 3.07. The number of Topliss-reactive ketones (excluding diaryl/α,β-unsaturated/α-hetero) is 1. The second kappa shape index (κ2) is 6.28. The maximum Gasteiger partial charge on any atom is 0.164 e. The Morgan fingerprint density at radius 1 is 1.40 bits per heavy atom. The highest BCUT2D eigenvalue weighted by molar-refractivity contribution is 9.09. The van der Waals surface area contributed by atoms with Crippen molar-refractivity contribution in [1.29, 1.82) is 0 Å². The highest BCUT2D eigenvalue weighted by Gasteiger charge is 2.13. The number of methoxy groups -OCH3 is 1. The Morgan fingerprint density at radius 2 is 2.13 bits per heavy atom. The van der Waals surface area contributed by atoms with Crippen LogP contribution in [0.3, 0.4) is 0 Å². The van der Waals surface area contributed by atoms with Crippen LogP contribution in [0.25, 0.3) is 0 Å². The standard InChI is InChI=1S/C11H12Br2O2/c1-15-11-4-2-3-8(9(11)7-13)10(14)5-6-12/h2-4H,5-7H2,1H3. The van der Waals surface area contributed by atoms with Crippen molar-refractivity contribution in [2.45, 2.75) is 11.8 Å². The van der Waals surface area contributed by atoms with E-state index in [0.717, 1.165) is 16.9 Å². The van der Waals surface area contributed by atoms with Gasteiger partial charge in [-0.05, 0) is 6.07 Å². The van der Waals surface area contributed by atoms with Crippen LogP contribution in [-0.4, -0.2) is 18.2 Å². The van der Waals surface area contributed by atoms with Gasteiger partial charge >= 0.3 is 0 Å². The minimum atomic E-state index is 0.139. The lowest BCUT2D eigenvalue weighted by atomic mass is 10.0. The number of alkyl halides is 2. The van der Waals surface area contributed by atoms with Crippen molar-refractivity contribution in [1.82, 2.24) is 0 Å².